The zero-order valence-corrected chi connectivity index (χ0v) is 19.4. The van der Waals surface area contributed by atoms with Crippen LogP contribution in [0.15, 0.2) is 92.7 Å². The van der Waals surface area contributed by atoms with Gasteiger partial charge in [0.25, 0.3) is 5.91 Å². The number of para-hydroxylation sites is 2. The number of hydrogen-bond donors (Lipinski definition) is 1. The molecule has 1 N–H and O–H groups in total. The number of nitriles is 1. The number of carbonyl (C=O) groups excluding carboxylic acids is 1. The summed E-state index contributed by atoms with van der Waals surface area (Å²) >= 11 is 5.88. The van der Waals surface area contributed by atoms with Crippen molar-refractivity contribution in [2.45, 2.75) is 6.92 Å². The van der Waals surface area contributed by atoms with Gasteiger partial charge in [0, 0.05) is 16.8 Å². The average molecular weight is 468 g/mol. The van der Waals surface area contributed by atoms with Crippen molar-refractivity contribution in [3.8, 4) is 6.07 Å². The first-order chi connectivity index (χ1) is 16.5. The Morgan fingerprint density at radius 1 is 1.06 bits per heavy atom. The van der Waals surface area contributed by atoms with Gasteiger partial charge in [-0.1, -0.05) is 29.8 Å². The zero-order chi connectivity index (χ0) is 24.7. The van der Waals surface area contributed by atoms with Crippen LogP contribution in [-0.4, -0.2) is 20.3 Å². The molecule has 2 aromatic carbocycles. The van der Waals surface area contributed by atoms with Crippen LogP contribution in [-0.2, 0) is 0 Å². The third-order valence-corrected chi connectivity index (χ3v) is 4.95. The first-order valence-corrected chi connectivity index (χ1v) is 10.7. The van der Waals surface area contributed by atoms with Crippen LogP contribution in [0.1, 0.15) is 22.8 Å². The summed E-state index contributed by atoms with van der Waals surface area (Å²) in [7, 11) is 0. The molecule has 0 saturated heterocycles. The highest BCUT2D eigenvalue weighted by molar-refractivity contribution is 6.30. The molecule has 0 saturated carbocycles. The Morgan fingerprint density at radius 2 is 1.68 bits per heavy atom. The van der Waals surface area contributed by atoms with Gasteiger partial charge in [0.2, 0.25) is 0 Å². The molecule has 0 aliphatic rings. The van der Waals surface area contributed by atoms with Crippen molar-refractivity contribution < 1.29 is 4.79 Å². The molecule has 1 amide bonds. The monoisotopic (exact) mass is 467 g/mol. The van der Waals surface area contributed by atoms with Gasteiger partial charge < -0.3 is 5.32 Å². The number of pyridine rings is 1. The number of rotatable bonds is 2. The highest BCUT2D eigenvalue weighted by Gasteiger charge is 2.16. The number of fused-ring (bicyclic) bond motifs is 4. The summed E-state index contributed by atoms with van der Waals surface area (Å²) in [5.41, 5.74) is 4.77. The van der Waals surface area contributed by atoms with Crippen molar-refractivity contribution in [3.05, 3.63) is 109 Å². The fraction of sp³-hybridized carbons (Fsp3) is 0.0370. The molecule has 7 heteroatoms. The molecule has 3 heterocycles. The van der Waals surface area contributed by atoms with Gasteiger partial charge in [0.05, 0.1) is 22.2 Å². The molecule has 0 spiro atoms. The van der Waals surface area contributed by atoms with Crippen molar-refractivity contribution in [3.63, 3.8) is 0 Å². The molecule has 0 atom stereocenters. The molecular weight excluding hydrogens is 446 g/mol. The van der Waals surface area contributed by atoms with Crippen molar-refractivity contribution >= 4 is 50.9 Å². The second kappa shape index (κ2) is 10.9. The second-order valence-electron chi connectivity index (χ2n) is 6.91. The molecule has 0 aliphatic heterocycles. The van der Waals surface area contributed by atoms with Gasteiger partial charge in [-0.15, -0.1) is 19.7 Å². The second-order valence-corrected chi connectivity index (χ2v) is 7.35. The Balaban J connectivity index is 0.000000603. The Hall–Kier alpha value is -4.47. The molecule has 3 aromatic heterocycles. The predicted molar refractivity (Wildman–Crippen MR) is 139 cm³/mol. The Morgan fingerprint density at radius 3 is 2.29 bits per heavy atom. The van der Waals surface area contributed by atoms with E-state index >= 15 is 0 Å². The molecule has 6 nitrogen and oxygen atoms in total. The summed E-state index contributed by atoms with van der Waals surface area (Å²) in [6.45, 7) is 11.2. The lowest BCUT2D eigenvalue weighted by molar-refractivity contribution is 0.102. The van der Waals surface area contributed by atoms with Gasteiger partial charge in [-0.3, -0.25) is 9.20 Å². The first kappa shape index (κ1) is 24.2. The van der Waals surface area contributed by atoms with E-state index in [1.165, 1.54) is 0 Å². The number of hydrogen-bond acceptors (Lipinski definition) is 4. The summed E-state index contributed by atoms with van der Waals surface area (Å²) in [4.78, 5) is 21.8. The summed E-state index contributed by atoms with van der Waals surface area (Å²) in [5.74, 6) is -0.255. The molecule has 0 radical (unpaired) electrons. The number of amides is 1. The summed E-state index contributed by atoms with van der Waals surface area (Å²) in [6.07, 6.45) is 3.50. The first-order valence-electron chi connectivity index (χ1n) is 10.3. The fourth-order valence-corrected chi connectivity index (χ4v) is 3.44. The van der Waals surface area contributed by atoms with E-state index in [2.05, 4.69) is 41.1 Å². The van der Waals surface area contributed by atoms with Gasteiger partial charge in [0.15, 0.2) is 5.65 Å². The third-order valence-electron chi connectivity index (χ3n) is 4.70. The van der Waals surface area contributed by atoms with Gasteiger partial charge in [-0.25, -0.2) is 9.97 Å². The van der Waals surface area contributed by atoms with E-state index in [1.807, 2.05) is 31.2 Å². The molecule has 5 aromatic rings. The maximum atomic E-state index is 12.5. The van der Waals surface area contributed by atoms with Crippen LogP contribution < -0.4 is 5.32 Å². The Labute approximate surface area is 202 Å². The highest BCUT2D eigenvalue weighted by atomic mass is 35.5. The Kier molecular flexibility index (Phi) is 7.75. The maximum absolute atomic E-state index is 12.5. The fourth-order valence-electron chi connectivity index (χ4n) is 3.32. The normalized spacial score (nSPS) is 9.91. The van der Waals surface area contributed by atoms with Crippen LogP contribution in [0.25, 0.3) is 27.7 Å². The number of carbonyl (C=O) groups is 1. The molecule has 0 aliphatic carbocycles. The van der Waals surface area contributed by atoms with Crippen LogP contribution in [0.3, 0.4) is 0 Å². The van der Waals surface area contributed by atoms with Gasteiger partial charge in [0.1, 0.15) is 17.1 Å². The van der Waals surface area contributed by atoms with E-state index in [0.29, 0.717) is 38.5 Å². The minimum Gasteiger partial charge on any atom is -0.321 e. The molecular formula is C27H22ClN5O. The number of nitrogens with one attached hydrogen (secondary N) is 1. The third kappa shape index (κ3) is 4.80. The van der Waals surface area contributed by atoms with Crippen molar-refractivity contribution in [2.75, 3.05) is 5.32 Å². The number of aromatic nitrogens is 3. The van der Waals surface area contributed by atoms with Crippen molar-refractivity contribution in [2.24, 2.45) is 0 Å². The van der Waals surface area contributed by atoms with Crippen LogP contribution in [0.4, 0.5) is 5.69 Å². The average Bonchev–Trinajstić information content (AvgIpc) is 3.16. The van der Waals surface area contributed by atoms with Gasteiger partial charge in [-0.2, -0.15) is 5.26 Å². The topological polar surface area (TPSA) is 83.1 Å². The van der Waals surface area contributed by atoms with Crippen molar-refractivity contribution in [1.82, 2.24) is 14.4 Å². The van der Waals surface area contributed by atoms with E-state index in [-0.39, 0.29) is 5.91 Å². The number of anilines is 1. The minimum atomic E-state index is -0.255. The quantitative estimate of drug-likeness (QED) is 0.289. The molecule has 0 unspecified atom stereocenters. The largest absolute Gasteiger partial charge is 0.321 e. The van der Waals surface area contributed by atoms with Crippen LogP contribution in [0.5, 0.6) is 0 Å². The van der Waals surface area contributed by atoms with E-state index < -0.39 is 0 Å². The molecule has 168 valence electrons. The Bertz CT molecular complexity index is 1530. The predicted octanol–water partition coefficient (Wildman–Crippen LogP) is 6.81. The SMILES string of the molecule is C=C.C=CC.N#Cc1c2nc3ccccc3nc2n2cc(NC(=O)c3ccc(Cl)cc3)ccc12. The van der Waals surface area contributed by atoms with Crippen LogP contribution >= 0.6 is 11.6 Å². The number of benzene rings is 2. The molecule has 0 bridgehead atoms. The molecule has 0 fully saturated rings. The van der Waals surface area contributed by atoms with Gasteiger partial charge >= 0.3 is 0 Å². The lowest BCUT2D eigenvalue weighted by Crippen LogP contribution is -2.12. The van der Waals surface area contributed by atoms with E-state index in [9.17, 15) is 10.1 Å². The lowest BCUT2D eigenvalue weighted by atomic mass is 10.2. The standard InChI is InChI=1S/C22H12ClN5O.C3H6.C2H4/c23-14-7-5-13(6-8-14)22(29)25-15-9-10-19-16(11-24)20-21(28(19)12-15)27-18-4-2-1-3-17(18)26-20;1-3-2;1-2/h1-10,12H,(H,25,29);3H,1H2,2H3;1-2H2. The smallest absolute Gasteiger partial charge is 0.255 e. The van der Waals surface area contributed by atoms with Crippen LogP contribution in [0, 0.1) is 11.3 Å². The van der Waals surface area contributed by atoms with E-state index in [0.717, 1.165) is 11.0 Å². The van der Waals surface area contributed by atoms with Gasteiger partial charge in [-0.05, 0) is 55.5 Å². The van der Waals surface area contributed by atoms with E-state index in [4.69, 9.17) is 11.6 Å². The highest BCUT2D eigenvalue weighted by Crippen LogP contribution is 2.27. The minimum absolute atomic E-state index is 0.255. The number of halogens is 1. The van der Waals surface area contributed by atoms with Crippen molar-refractivity contribution in [1.29, 1.82) is 5.26 Å². The number of allylic oxidation sites excluding steroid dienone is 1. The zero-order valence-electron chi connectivity index (χ0n) is 18.6. The van der Waals surface area contributed by atoms with E-state index in [1.54, 1.807) is 53.1 Å². The summed E-state index contributed by atoms with van der Waals surface area (Å²) in [6, 6.07) is 19.9. The number of nitrogens with zero attached hydrogens (tertiary/aromatic N) is 4. The summed E-state index contributed by atoms with van der Waals surface area (Å²) in [5, 5.41) is 13.1. The molecule has 5 rings (SSSR count). The maximum Gasteiger partial charge on any atom is 0.255 e. The lowest BCUT2D eigenvalue weighted by Gasteiger charge is -2.07. The molecule has 34 heavy (non-hydrogen) atoms. The summed E-state index contributed by atoms with van der Waals surface area (Å²) < 4.78 is 1.78. The van der Waals surface area contributed by atoms with Crippen LogP contribution in [0.2, 0.25) is 5.02 Å².